The fourth-order valence-electron chi connectivity index (χ4n) is 4.03. The lowest BCUT2D eigenvalue weighted by Crippen LogP contribution is -2.49. The van der Waals surface area contributed by atoms with Crippen LogP contribution in [0.2, 0.25) is 0 Å². The van der Waals surface area contributed by atoms with E-state index >= 15 is 0 Å². The molecule has 192 valence electrons. The fourth-order valence-corrected chi connectivity index (χ4v) is 5.00. The molecule has 1 N–H and O–H groups in total. The highest BCUT2D eigenvalue weighted by atomic mass is 32.2. The minimum Gasteiger partial charge on any atom is -0.354 e. The van der Waals surface area contributed by atoms with Crippen LogP contribution in [-0.2, 0) is 26.2 Å². The summed E-state index contributed by atoms with van der Waals surface area (Å²) in [4.78, 5) is 28.0. The zero-order valence-electron chi connectivity index (χ0n) is 21.4. The van der Waals surface area contributed by atoms with E-state index in [1.165, 1.54) is 10.6 Å². The minimum atomic E-state index is -3.49. The van der Waals surface area contributed by atoms with E-state index in [0.717, 1.165) is 24.0 Å². The first-order valence-corrected chi connectivity index (χ1v) is 14.2. The maximum atomic E-state index is 13.4. The summed E-state index contributed by atoms with van der Waals surface area (Å²) in [6.45, 7) is 7.06. The standard InChI is InChI=1S/C27H39N3O4S/c1-5-7-18-28-27(32)25(6-2)29(21-23-14-11-13-22(3)20-23)26(31)17-12-19-30(35(4,33)34)24-15-9-8-10-16-24/h8-11,13-16,20,25H,5-7,12,17-19,21H2,1-4H3,(H,28,32). The van der Waals surface area contributed by atoms with Crippen LogP contribution in [-0.4, -0.2) is 50.5 Å². The highest BCUT2D eigenvalue weighted by molar-refractivity contribution is 7.92. The van der Waals surface area contributed by atoms with Gasteiger partial charge in [-0.1, -0.05) is 68.3 Å². The lowest BCUT2D eigenvalue weighted by Gasteiger charge is -2.31. The maximum absolute atomic E-state index is 13.4. The van der Waals surface area contributed by atoms with Gasteiger partial charge in [0, 0.05) is 26.1 Å². The molecule has 0 bridgehead atoms. The quantitative estimate of drug-likeness (QED) is 0.392. The summed E-state index contributed by atoms with van der Waals surface area (Å²) < 4.78 is 26.0. The second kappa shape index (κ2) is 13.9. The summed E-state index contributed by atoms with van der Waals surface area (Å²) in [6.07, 6.45) is 4.01. The molecule has 0 fully saturated rings. The molecule has 0 aromatic heterocycles. The molecule has 0 saturated heterocycles. The van der Waals surface area contributed by atoms with Gasteiger partial charge in [-0.2, -0.15) is 0 Å². The first-order chi connectivity index (χ1) is 16.7. The molecule has 2 rings (SSSR count). The lowest BCUT2D eigenvalue weighted by molar-refractivity contribution is -0.141. The molecule has 0 radical (unpaired) electrons. The Labute approximate surface area is 210 Å². The van der Waals surface area contributed by atoms with E-state index in [1.807, 2.05) is 44.2 Å². The van der Waals surface area contributed by atoms with E-state index in [9.17, 15) is 18.0 Å². The Morgan fingerprint density at radius 2 is 1.71 bits per heavy atom. The van der Waals surface area contributed by atoms with Crippen LogP contribution >= 0.6 is 0 Å². The van der Waals surface area contributed by atoms with Gasteiger partial charge < -0.3 is 10.2 Å². The third kappa shape index (κ3) is 9.02. The van der Waals surface area contributed by atoms with Gasteiger partial charge in [0.05, 0.1) is 11.9 Å². The van der Waals surface area contributed by atoms with Crippen LogP contribution in [0.15, 0.2) is 54.6 Å². The van der Waals surface area contributed by atoms with E-state index < -0.39 is 16.1 Å². The lowest BCUT2D eigenvalue weighted by atomic mass is 10.1. The predicted molar refractivity (Wildman–Crippen MR) is 142 cm³/mol. The van der Waals surface area contributed by atoms with E-state index in [0.29, 0.717) is 31.6 Å². The Kier molecular flexibility index (Phi) is 11.2. The van der Waals surface area contributed by atoms with Crippen LogP contribution in [0.1, 0.15) is 57.1 Å². The van der Waals surface area contributed by atoms with E-state index in [-0.39, 0.29) is 24.8 Å². The zero-order chi connectivity index (χ0) is 25.8. The van der Waals surface area contributed by atoms with Crippen molar-refractivity contribution in [2.75, 3.05) is 23.7 Å². The molecule has 1 unspecified atom stereocenters. The number of nitrogens with zero attached hydrogens (tertiary/aromatic N) is 2. The number of para-hydroxylation sites is 1. The Balaban J connectivity index is 2.18. The summed E-state index contributed by atoms with van der Waals surface area (Å²) in [5.74, 6) is -0.311. The van der Waals surface area contributed by atoms with Crippen molar-refractivity contribution in [2.45, 2.75) is 65.5 Å². The molecule has 1 atom stereocenters. The average molecular weight is 502 g/mol. The van der Waals surface area contributed by atoms with E-state index in [1.54, 1.807) is 29.2 Å². The molecule has 2 aromatic carbocycles. The van der Waals surface area contributed by atoms with Crippen molar-refractivity contribution >= 4 is 27.5 Å². The molecule has 35 heavy (non-hydrogen) atoms. The molecular formula is C27H39N3O4S. The van der Waals surface area contributed by atoms with Gasteiger partial charge >= 0.3 is 0 Å². The van der Waals surface area contributed by atoms with E-state index in [2.05, 4.69) is 12.2 Å². The van der Waals surface area contributed by atoms with Gasteiger partial charge in [-0.05, 0) is 43.9 Å². The van der Waals surface area contributed by atoms with Crippen LogP contribution in [0.4, 0.5) is 5.69 Å². The molecule has 0 aliphatic rings. The number of aryl methyl sites for hydroxylation is 1. The van der Waals surface area contributed by atoms with Gasteiger partial charge in [0.2, 0.25) is 21.8 Å². The van der Waals surface area contributed by atoms with Crippen molar-refractivity contribution in [3.05, 3.63) is 65.7 Å². The highest BCUT2D eigenvalue weighted by Gasteiger charge is 2.28. The Bertz CT molecular complexity index is 1060. The highest BCUT2D eigenvalue weighted by Crippen LogP contribution is 2.19. The molecule has 0 spiro atoms. The van der Waals surface area contributed by atoms with Crippen molar-refractivity contribution in [3.63, 3.8) is 0 Å². The third-order valence-corrected chi connectivity index (χ3v) is 7.04. The average Bonchev–Trinajstić information content (AvgIpc) is 2.81. The number of amides is 2. The largest absolute Gasteiger partial charge is 0.354 e. The minimum absolute atomic E-state index is 0.142. The number of hydrogen-bond donors (Lipinski definition) is 1. The van der Waals surface area contributed by atoms with Gasteiger partial charge in [0.15, 0.2) is 0 Å². The van der Waals surface area contributed by atoms with Crippen LogP contribution in [0, 0.1) is 6.92 Å². The van der Waals surface area contributed by atoms with E-state index in [4.69, 9.17) is 0 Å². The maximum Gasteiger partial charge on any atom is 0.242 e. The molecule has 0 heterocycles. The molecular weight excluding hydrogens is 462 g/mol. The molecule has 2 aromatic rings. The second-order valence-corrected chi connectivity index (χ2v) is 10.8. The van der Waals surface area contributed by atoms with Crippen molar-refractivity contribution in [1.82, 2.24) is 10.2 Å². The van der Waals surface area contributed by atoms with Gasteiger partial charge in [-0.3, -0.25) is 13.9 Å². The van der Waals surface area contributed by atoms with Gasteiger partial charge in [-0.15, -0.1) is 0 Å². The SMILES string of the molecule is CCCCNC(=O)C(CC)N(Cc1cccc(C)c1)C(=O)CCCN(c1ccccc1)S(C)(=O)=O. The van der Waals surface area contributed by atoms with Crippen LogP contribution in [0.3, 0.4) is 0 Å². The normalized spacial score (nSPS) is 12.1. The van der Waals surface area contributed by atoms with Crippen LogP contribution in [0.25, 0.3) is 0 Å². The predicted octanol–water partition coefficient (Wildman–Crippen LogP) is 4.26. The first kappa shape index (κ1) is 28.4. The number of hydrogen-bond acceptors (Lipinski definition) is 4. The number of benzene rings is 2. The summed E-state index contributed by atoms with van der Waals surface area (Å²) in [5.41, 5.74) is 2.61. The number of sulfonamides is 1. The smallest absolute Gasteiger partial charge is 0.242 e. The molecule has 0 aliphatic heterocycles. The second-order valence-electron chi connectivity index (χ2n) is 8.85. The number of carbonyl (C=O) groups is 2. The summed E-state index contributed by atoms with van der Waals surface area (Å²) in [7, 11) is -3.49. The van der Waals surface area contributed by atoms with Gasteiger partial charge in [0.25, 0.3) is 0 Å². The molecule has 2 amide bonds. The van der Waals surface area contributed by atoms with Crippen molar-refractivity contribution < 1.29 is 18.0 Å². The molecule has 0 aliphatic carbocycles. The molecule has 8 heteroatoms. The zero-order valence-corrected chi connectivity index (χ0v) is 22.2. The van der Waals surface area contributed by atoms with Gasteiger partial charge in [0.1, 0.15) is 6.04 Å². The Morgan fingerprint density at radius 3 is 2.31 bits per heavy atom. The number of unbranched alkanes of at least 4 members (excludes halogenated alkanes) is 1. The number of rotatable bonds is 14. The Hall–Kier alpha value is -2.87. The third-order valence-electron chi connectivity index (χ3n) is 5.85. The monoisotopic (exact) mass is 501 g/mol. The Morgan fingerprint density at radius 1 is 1.00 bits per heavy atom. The topological polar surface area (TPSA) is 86.8 Å². The van der Waals surface area contributed by atoms with Crippen LogP contribution < -0.4 is 9.62 Å². The van der Waals surface area contributed by atoms with Crippen molar-refractivity contribution in [2.24, 2.45) is 0 Å². The number of anilines is 1. The van der Waals surface area contributed by atoms with Crippen molar-refractivity contribution in [3.8, 4) is 0 Å². The molecule has 7 nitrogen and oxygen atoms in total. The molecule has 0 saturated carbocycles. The summed E-state index contributed by atoms with van der Waals surface area (Å²) in [6, 6.07) is 16.2. The van der Waals surface area contributed by atoms with Crippen LogP contribution in [0.5, 0.6) is 0 Å². The van der Waals surface area contributed by atoms with Crippen molar-refractivity contribution in [1.29, 1.82) is 0 Å². The number of carbonyl (C=O) groups excluding carboxylic acids is 2. The first-order valence-electron chi connectivity index (χ1n) is 12.3. The summed E-state index contributed by atoms with van der Waals surface area (Å²) in [5, 5.41) is 2.96. The summed E-state index contributed by atoms with van der Waals surface area (Å²) >= 11 is 0. The van der Waals surface area contributed by atoms with Gasteiger partial charge in [-0.25, -0.2) is 8.42 Å². The fraction of sp³-hybridized carbons (Fsp3) is 0.481. The number of nitrogens with one attached hydrogen (secondary N) is 1.